The number of aromatic nitrogens is 2. The fourth-order valence-corrected chi connectivity index (χ4v) is 2.45. The SMILES string of the molecule is CCn1cc(C(CN)N2CCCCC2)cn1. The highest BCUT2D eigenvalue weighted by Crippen LogP contribution is 2.23. The van der Waals surface area contributed by atoms with Gasteiger partial charge in [0.15, 0.2) is 0 Å². The second-order valence-electron chi connectivity index (χ2n) is 4.48. The Hall–Kier alpha value is -0.870. The number of nitrogens with zero attached hydrogens (tertiary/aromatic N) is 3. The zero-order valence-electron chi connectivity index (χ0n) is 10.1. The number of aryl methyl sites for hydroxylation is 1. The molecule has 2 heterocycles. The van der Waals surface area contributed by atoms with E-state index in [0.29, 0.717) is 12.6 Å². The van der Waals surface area contributed by atoms with Crippen molar-refractivity contribution in [2.45, 2.75) is 38.8 Å². The summed E-state index contributed by atoms with van der Waals surface area (Å²) in [5.41, 5.74) is 7.18. The first-order valence-corrected chi connectivity index (χ1v) is 6.31. The zero-order valence-corrected chi connectivity index (χ0v) is 10.1. The molecule has 0 radical (unpaired) electrons. The molecule has 2 rings (SSSR count). The van der Waals surface area contributed by atoms with Gasteiger partial charge in [0.25, 0.3) is 0 Å². The monoisotopic (exact) mass is 222 g/mol. The van der Waals surface area contributed by atoms with E-state index < -0.39 is 0 Å². The van der Waals surface area contributed by atoms with Crippen molar-refractivity contribution >= 4 is 0 Å². The smallest absolute Gasteiger partial charge is 0.0538 e. The molecular formula is C12H22N4. The van der Waals surface area contributed by atoms with E-state index in [-0.39, 0.29) is 0 Å². The third kappa shape index (κ3) is 2.44. The summed E-state index contributed by atoms with van der Waals surface area (Å²) in [7, 11) is 0. The summed E-state index contributed by atoms with van der Waals surface area (Å²) in [5, 5.41) is 4.33. The van der Waals surface area contributed by atoms with Crippen LogP contribution in [0.4, 0.5) is 0 Å². The predicted octanol–water partition coefficient (Wildman–Crippen LogP) is 1.39. The predicted molar refractivity (Wildman–Crippen MR) is 65.1 cm³/mol. The van der Waals surface area contributed by atoms with Gasteiger partial charge in [0, 0.05) is 24.8 Å². The highest BCUT2D eigenvalue weighted by molar-refractivity contribution is 5.11. The molecule has 1 aliphatic heterocycles. The molecule has 0 spiro atoms. The number of rotatable bonds is 4. The summed E-state index contributed by atoms with van der Waals surface area (Å²) in [4.78, 5) is 2.50. The summed E-state index contributed by atoms with van der Waals surface area (Å²) in [6.07, 6.45) is 8.07. The number of likely N-dealkylation sites (tertiary alicyclic amines) is 1. The molecule has 1 aromatic rings. The highest BCUT2D eigenvalue weighted by Gasteiger charge is 2.21. The molecule has 2 N–H and O–H groups in total. The van der Waals surface area contributed by atoms with Crippen LogP contribution in [-0.4, -0.2) is 34.3 Å². The van der Waals surface area contributed by atoms with Crippen LogP contribution in [0.25, 0.3) is 0 Å². The van der Waals surface area contributed by atoms with Crippen LogP contribution in [0.5, 0.6) is 0 Å². The first-order chi connectivity index (χ1) is 7.85. The molecule has 1 saturated heterocycles. The van der Waals surface area contributed by atoms with Gasteiger partial charge in [-0.25, -0.2) is 0 Å². The summed E-state index contributed by atoms with van der Waals surface area (Å²) in [5.74, 6) is 0. The molecule has 4 nitrogen and oxygen atoms in total. The largest absolute Gasteiger partial charge is 0.329 e. The minimum absolute atomic E-state index is 0.362. The molecule has 1 atom stereocenters. The molecular weight excluding hydrogens is 200 g/mol. The van der Waals surface area contributed by atoms with Gasteiger partial charge in [-0.15, -0.1) is 0 Å². The van der Waals surface area contributed by atoms with E-state index in [9.17, 15) is 0 Å². The lowest BCUT2D eigenvalue weighted by molar-refractivity contribution is 0.167. The fraction of sp³-hybridized carbons (Fsp3) is 0.750. The second kappa shape index (κ2) is 5.46. The van der Waals surface area contributed by atoms with E-state index in [2.05, 4.69) is 23.1 Å². The maximum atomic E-state index is 5.91. The molecule has 1 fully saturated rings. The van der Waals surface area contributed by atoms with Crippen LogP contribution in [-0.2, 0) is 6.54 Å². The molecule has 0 aromatic carbocycles. The maximum absolute atomic E-state index is 5.91. The Bertz CT molecular complexity index is 315. The van der Waals surface area contributed by atoms with Crippen molar-refractivity contribution in [1.82, 2.24) is 14.7 Å². The summed E-state index contributed by atoms with van der Waals surface area (Å²) in [6, 6.07) is 0.362. The fourth-order valence-electron chi connectivity index (χ4n) is 2.45. The Labute approximate surface area is 97.4 Å². The number of hydrogen-bond donors (Lipinski definition) is 1. The van der Waals surface area contributed by atoms with Crippen molar-refractivity contribution in [1.29, 1.82) is 0 Å². The second-order valence-corrected chi connectivity index (χ2v) is 4.48. The van der Waals surface area contributed by atoms with Gasteiger partial charge >= 0.3 is 0 Å². The first kappa shape index (κ1) is 11.6. The van der Waals surface area contributed by atoms with Crippen LogP contribution >= 0.6 is 0 Å². The molecule has 4 heteroatoms. The van der Waals surface area contributed by atoms with Gasteiger partial charge < -0.3 is 5.73 Å². The topological polar surface area (TPSA) is 47.1 Å². The molecule has 1 aliphatic rings. The van der Waals surface area contributed by atoms with Gasteiger partial charge in [-0.3, -0.25) is 9.58 Å². The number of nitrogens with two attached hydrogens (primary N) is 1. The van der Waals surface area contributed by atoms with Crippen molar-refractivity contribution in [2.24, 2.45) is 5.73 Å². The lowest BCUT2D eigenvalue weighted by Gasteiger charge is -2.33. The molecule has 0 saturated carbocycles. The summed E-state index contributed by atoms with van der Waals surface area (Å²) < 4.78 is 1.97. The van der Waals surface area contributed by atoms with E-state index in [1.54, 1.807) is 0 Å². The average Bonchev–Trinajstić information content (AvgIpc) is 2.80. The van der Waals surface area contributed by atoms with E-state index in [4.69, 9.17) is 5.73 Å². The lowest BCUT2D eigenvalue weighted by atomic mass is 10.0. The van der Waals surface area contributed by atoms with Crippen LogP contribution in [0.15, 0.2) is 12.4 Å². The van der Waals surface area contributed by atoms with Gasteiger partial charge in [-0.1, -0.05) is 6.42 Å². The third-order valence-corrected chi connectivity index (χ3v) is 3.42. The van der Waals surface area contributed by atoms with Crippen LogP contribution in [0.3, 0.4) is 0 Å². The van der Waals surface area contributed by atoms with Gasteiger partial charge in [0.05, 0.1) is 12.2 Å². The van der Waals surface area contributed by atoms with Crippen molar-refractivity contribution in [3.8, 4) is 0 Å². The molecule has 16 heavy (non-hydrogen) atoms. The van der Waals surface area contributed by atoms with Crippen LogP contribution in [0.1, 0.15) is 37.8 Å². The highest BCUT2D eigenvalue weighted by atomic mass is 15.3. The lowest BCUT2D eigenvalue weighted by Crippen LogP contribution is -2.37. The standard InChI is InChI=1S/C12H22N4/c1-2-16-10-11(9-14-16)12(8-13)15-6-4-3-5-7-15/h9-10,12H,2-8,13H2,1H3. The average molecular weight is 222 g/mol. The number of hydrogen-bond acceptors (Lipinski definition) is 3. The van der Waals surface area contributed by atoms with Crippen molar-refractivity contribution in [2.75, 3.05) is 19.6 Å². The van der Waals surface area contributed by atoms with Crippen molar-refractivity contribution in [3.05, 3.63) is 18.0 Å². The first-order valence-electron chi connectivity index (χ1n) is 6.31. The Morgan fingerprint density at radius 1 is 1.38 bits per heavy atom. The van der Waals surface area contributed by atoms with Crippen LogP contribution < -0.4 is 5.73 Å². The van der Waals surface area contributed by atoms with Gasteiger partial charge in [-0.05, 0) is 32.9 Å². The van der Waals surface area contributed by atoms with Crippen LogP contribution in [0, 0.1) is 0 Å². The molecule has 0 aliphatic carbocycles. The summed E-state index contributed by atoms with van der Waals surface area (Å²) in [6.45, 7) is 6.08. The molecule has 90 valence electrons. The van der Waals surface area contributed by atoms with E-state index in [0.717, 1.165) is 6.54 Å². The Balaban J connectivity index is 2.08. The van der Waals surface area contributed by atoms with E-state index in [1.807, 2.05) is 10.9 Å². The van der Waals surface area contributed by atoms with Gasteiger partial charge in [0.2, 0.25) is 0 Å². The minimum atomic E-state index is 0.362. The Morgan fingerprint density at radius 2 is 2.12 bits per heavy atom. The summed E-state index contributed by atoms with van der Waals surface area (Å²) >= 11 is 0. The zero-order chi connectivity index (χ0) is 11.4. The quantitative estimate of drug-likeness (QED) is 0.837. The van der Waals surface area contributed by atoms with Gasteiger partial charge in [-0.2, -0.15) is 5.10 Å². The maximum Gasteiger partial charge on any atom is 0.0538 e. The Morgan fingerprint density at radius 3 is 2.69 bits per heavy atom. The van der Waals surface area contributed by atoms with Crippen LogP contribution in [0.2, 0.25) is 0 Å². The minimum Gasteiger partial charge on any atom is -0.329 e. The molecule has 0 amide bonds. The van der Waals surface area contributed by atoms with Gasteiger partial charge in [0.1, 0.15) is 0 Å². The van der Waals surface area contributed by atoms with E-state index in [1.165, 1.54) is 37.9 Å². The van der Waals surface area contributed by atoms with Crippen molar-refractivity contribution in [3.63, 3.8) is 0 Å². The Kier molecular flexibility index (Phi) is 3.96. The normalized spacial score (nSPS) is 19.9. The number of piperidine rings is 1. The molecule has 1 aromatic heterocycles. The van der Waals surface area contributed by atoms with E-state index >= 15 is 0 Å². The third-order valence-electron chi connectivity index (χ3n) is 3.42. The molecule has 0 bridgehead atoms. The van der Waals surface area contributed by atoms with Crippen molar-refractivity contribution < 1.29 is 0 Å². The molecule has 1 unspecified atom stereocenters.